The molecule has 2 heterocycles. The quantitative estimate of drug-likeness (QED) is 0.612. The molecular weight excluding hydrogens is 400 g/mol. The maximum absolute atomic E-state index is 12.7. The Morgan fingerprint density at radius 1 is 1.06 bits per heavy atom. The lowest BCUT2D eigenvalue weighted by Crippen LogP contribution is -2.36. The van der Waals surface area contributed by atoms with Crippen molar-refractivity contribution in [1.82, 2.24) is 10.2 Å². The third-order valence-corrected chi connectivity index (χ3v) is 5.32. The summed E-state index contributed by atoms with van der Waals surface area (Å²) in [6.45, 7) is 1.13. The lowest BCUT2D eigenvalue weighted by Gasteiger charge is -2.17. The number of nitrogens with zero attached hydrogens (tertiary/aromatic N) is 1. The molecule has 0 radical (unpaired) electrons. The van der Waals surface area contributed by atoms with E-state index in [2.05, 4.69) is 10.6 Å². The van der Waals surface area contributed by atoms with Gasteiger partial charge in [0.2, 0.25) is 0 Å². The van der Waals surface area contributed by atoms with Gasteiger partial charge in [-0.1, -0.05) is 12.1 Å². The summed E-state index contributed by atoms with van der Waals surface area (Å²) in [7, 11) is 0. The molecule has 2 aliphatic heterocycles. The smallest absolute Gasteiger partial charge is 0.316 e. The summed E-state index contributed by atoms with van der Waals surface area (Å²) in [6, 6.07) is 10.7. The lowest BCUT2D eigenvalue weighted by molar-refractivity contribution is 0.0475. The molecule has 2 aromatic rings. The van der Waals surface area contributed by atoms with Crippen LogP contribution in [0, 0.1) is 0 Å². The second-order valence-electron chi connectivity index (χ2n) is 7.49. The Kier molecular flexibility index (Phi) is 5.68. The molecule has 5 amide bonds. The van der Waals surface area contributed by atoms with Gasteiger partial charge < -0.3 is 21.1 Å². The largest absolute Gasteiger partial charge is 0.376 e. The average Bonchev–Trinajstić information content (AvgIpc) is 3.35. The summed E-state index contributed by atoms with van der Waals surface area (Å²) in [4.78, 5) is 50.0. The molecule has 1 atom stereocenters. The predicted octanol–water partition coefficient (Wildman–Crippen LogP) is 1.88. The number of benzene rings is 2. The Labute approximate surface area is 178 Å². The van der Waals surface area contributed by atoms with Crippen LogP contribution in [-0.2, 0) is 11.3 Å². The number of imide groups is 1. The molecule has 0 aromatic heterocycles. The van der Waals surface area contributed by atoms with Crippen LogP contribution in [0.2, 0.25) is 0 Å². The van der Waals surface area contributed by atoms with Crippen LogP contribution in [0.1, 0.15) is 49.5 Å². The number of hydrogen-bond donors (Lipinski definition) is 3. The predicted molar refractivity (Wildman–Crippen MR) is 112 cm³/mol. The van der Waals surface area contributed by atoms with Crippen molar-refractivity contribution in [2.24, 2.45) is 5.73 Å². The highest BCUT2D eigenvalue weighted by atomic mass is 16.5. The van der Waals surface area contributed by atoms with Gasteiger partial charge in [-0.05, 0) is 48.7 Å². The molecule has 31 heavy (non-hydrogen) atoms. The van der Waals surface area contributed by atoms with Crippen molar-refractivity contribution < 1.29 is 23.9 Å². The Bertz CT molecular complexity index is 1040. The zero-order valence-corrected chi connectivity index (χ0v) is 16.7. The first-order valence-electron chi connectivity index (χ1n) is 9.98. The van der Waals surface area contributed by atoms with E-state index in [4.69, 9.17) is 10.5 Å². The van der Waals surface area contributed by atoms with Crippen LogP contribution in [-0.4, -0.2) is 47.9 Å². The average molecular weight is 422 g/mol. The summed E-state index contributed by atoms with van der Waals surface area (Å²) >= 11 is 0. The van der Waals surface area contributed by atoms with Gasteiger partial charge in [0, 0.05) is 24.4 Å². The van der Waals surface area contributed by atoms with Gasteiger partial charge in [-0.15, -0.1) is 0 Å². The van der Waals surface area contributed by atoms with Crippen LogP contribution in [0.25, 0.3) is 0 Å². The number of nitrogens with one attached hydrogen (secondary N) is 2. The summed E-state index contributed by atoms with van der Waals surface area (Å²) in [6.07, 6.45) is 1.61. The minimum Gasteiger partial charge on any atom is -0.376 e. The van der Waals surface area contributed by atoms with E-state index in [1.54, 1.807) is 24.3 Å². The fraction of sp³-hybridized carbons (Fsp3) is 0.273. The number of hydrogen-bond acceptors (Lipinski definition) is 5. The molecule has 160 valence electrons. The molecule has 1 unspecified atom stereocenters. The fourth-order valence-corrected chi connectivity index (χ4v) is 3.72. The van der Waals surface area contributed by atoms with Crippen molar-refractivity contribution in [2.75, 3.05) is 18.5 Å². The Hall–Kier alpha value is -3.72. The standard InChI is InChI=1S/C22H22N4O5/c23-22(30)25-15-6-3-13(4-7-15)11-24-19(27)14-5-8-17-18(10-14)21(29)26(20(17)28)12-16-2-1-9-31-16/h3-8,10,16H,1-2,9,11-12H2,(H,24,27)(H3,23,25,30). The number of rotatable bonds is 6. The number of fused-ring (bicyclic) bond motifs is 1. The Morgan fingerprint density at radius 3 is 2.48 bits per heavy atom. The van der Waals surface area contributed by atoms with Crippen molar-refractivity contribution in [2.45, 2.75) is 25.5 Å². The van der Waals surface area contributed by atoms with Gasteiger partial charge in [-0.2, -0.15) is 0 Å². The van der Waals surface area contributed by atoms with Crippen LogP contribution in [0.3, 0.4) is 0 Å². The van der Waals surface area contributed by atoms with Crippen LogP contribution >= 0.6 is 0 Å². The molecule has 9 heteroatoms. The molecule has 4 rings (SSSR count). The van der Waals surface area contributed by atoms with Crippen LogP contribution in [0.5, 0.6) is 0 Å². The van der Waals surface area contributed by atoms with E-state index >= 15 is 0 Å². The lowest BCUT2D eigenvalue weighted by atomic mass is 10.1. The molecule has 0 spiro atoms. The number of nitrogens with two attached hydrogens (primary N) is 1. The van der Waals surface area contributed by atoms with E-state index in [0.29, 0.717) is 23.4 Å². The first kappa shape index (κ1) is 20.5. The van der Waals surface area contributed by atoms with Crippen molar-refractivity contribution in [3.63, 3.8) is 0 Å². The number of ether oxygens (including phenoxy) is 1. The molecule has 4 N–H and O–H groups in total. The van der Waals surface area contributed by atoms with Crippen LogP contribution < -0.4 is 16.4 Å². The third kappa shape index (κ3) is 4.41. The molecular formula is C22H22N4O5. The third-order valence-electron chi connectivity index (χ3n) is 5.32. The van der Waals surface area contributed by atoms with Gasteiger partial charge in [-0.3, -0.25) is 19.3 Å². The molecule has 2 aromatic carbocycles. The van der Waals surface area contributed by atoms with Gasteiger partial charge in [0.1, 0.15) is 0 Å². The van der Waals surface area contributed by atoms with Crippen molar-refractivity contribution in [3.8, 4) is 0 Å². The highest BCUT2D eigenvalue weighted by Gasteiger charge is 2.37. The summed E-state index contributed by atoms with van der Waals surface area (Å²) in [5.41, 5.74) is 7.27. The molecule has 1 saturated heterocycles. The van der Waals surface area contributed by atoms with Gasteiger partial charge in [0.15, 0.2) is 0 Å². The minimum absolute atomic E-state index is 0.130. The van der Waals surface area contributed by atoms with Gasteiger partial charge >= 0.3 is 6.03 Å². The zero-order chi connectivity index (χ0) is 22.0. The van der Waals surface area contributed by atoms with Crippen LogP contribution in [0.4, 0.5) is 10.5 Å². The highest BCUT2D eigenvalue weighted by molar-refractivity contribution is 6.22. The van der Waals surface area contributed by atoms with E-state index in [1.165, 1.54) is 23.1 Å². The topological polar surface area (TPSA) is 131 Å². The highest BCUT2D eigenvalue weighted by Crippen LogP contribution is 2.26. The van der Waals surface area contributed by atoms with E-state index < -0.39 is 11.9 Å². The number of primary amides is 1. The fourth-order valence-electron chi connectivity index (χ4n) is 3.72. The van der Waals surface area contributed by atoms with Crippen molar-refractivity contribution in [3.05, 3.63) is 64.7 Å². The summed E-state index contributed by atoms with van der Waals surface area (Å²) in [5, 5.41) is 5.24. The maximum atomic E-state index is 12.7. The molecule has 0 aliphatic carbocycles. The number of urea groups is 1. The second kappa shape index (κ2) is 8.57. The van der Waals surface area contributed by atoms with Gasteiger partial charge in [-0.25, -0.2) is 4.79 Å². The Balaban J connectivity index is 1.40. The number of anilines is 1. The Morgan fingerprint density at radius 2 is 1.81 bits per heavy atom. The molecule has 0 saturated carbocycles. The van der Waals surface area contributed by atoms with E-state index in [1.807, 2.05) is 0 Å². The molecule has 2 aliphatic rings. The van der Waals surface area contributed by atoms with E-state index in [9.17, 15) is 19.2 Å². The molecule has 1 fully saturated rings. The number of amides is 5. The van der Waals surface area contributed by atoms with E-state index in [0.717, 1.165) is 18.4 Å². The minimum atomic E-state index is -0.653. The maximum Gasteiger partial charge on any atom is 0.316 e. The first-order valence-corrected chi connectivity index (χ1v) is 9.98. The molecule has 0 bridgehead atoms. The van der Waals surface area contributed by atoms with Crippen molar-refractivity contribution >= 4 is 29.4 Å². The molecule has 9 nitrogen and oxygen atoms in total. The SMILES string of the molecule is NC(=O)Nc1ccc(CNC(=O)c2ccc3c(c2)C(=O)N(CC2CCCO2)C3=O)cc1. The van der Waals surface area contributed by atoms with Gasteiger partial charge in [0.05, 0.1) is 23.8 Å². The first-order chi connectivity index (χ1) is 14.9. The normalized spacial score (nSPS) is 17.5. The summed E-state index contributed by atoms with van der Waals surface area (Å²) in [5.74, 6) is -1.12. The zero-order valence-electron chi connectivity index (χ0n) is 16.7. The second-order valence-corrected chi connectivity index (χ2v) is 7.49. The monoisotopic (exact) mass is 422 g/mol. The van der Waals surface area contributed by atoms with E-state index in [-0.39, 0.29) is 36.6 Å². The number of carbonyl (C=O) groups is 4. The summed E-state index contributed by atoms with van der Waals surface area (Å²) < 4.78 is 5.54. The van der Waals surface area contributed by atoms with Gasteiger partial charge in [0.25, 0.3) is 17.7 Å². The van der Waals surface area contributed by atoms with Crippen LogP contribution in [0.15, 0.2) is 42.5 Å². The van der Waals surface area contributed by atoms with Crippen molar-refractivity contribution in [1.29, 1.82) is 0 Å². The number of carbonyl (C=O) groups excluding carboxylic acids is 4.